The monoisotopic (exact) mass is 304 g/mol. The molecule has 0 spiro atoms. The first-order valence-corrected chi connectivity index (χ1v) is 7.23. The fourth-order valence-electron chi connectivity index (χ4n) is 1.52. The average molecular weight is 304 g/mol. The van der Waals surface area contributed by atoms with Crippen molar-refractivity contribution < 1.29 is 9.53 Å². The Morgan fingerprint density at radius 3 is 2.86 bits per heavy atom. The van der Waals surface area contributed by atoms with Gasteiger partial charge in [0.2, 0.25) is 0 Å². The molecular weight excluding hydrogens is 288 g/mol. The maximum Gasteiger partial charge on any atom is 0.250 e. The SMILES string of the molecule is COc1ccc(/C=N/NC(=O)CSc2nccn2C)cc1. The molecule has 1 heterocycles. The number of nitrogens with zero attached hydrogens (tertiary/aromatic N) is 3. The number of hydrogen-bond acceptors (Lipinski definition) is 5. The van der Waals surface area contributed by atoms with Crippen LogP contribution in [-0.2, 0) is 11.8 Å². The van der Waals surface area contributed by atoms with Crippen molar-refractivity contribution in [1.29, 1.82) is 0 Å². The van der Waals surface area contributed by atoms with E-state index in [1.807, 2.05) is 42.1 Å². The van der Waals surface area contributed by atoms with E-state index in [9.17, 15) is 4.79 Å². The summed E-state index contributed by atoms with van der Waals surface area (Å²) in [4.78, 5) is 15.8. The van der Waals surface area contributed by atoms with Crippen LogP contribution in [0.3, 0.4) is 0 Å². The summed E-state index contributed by atoms with van der Waals surface area (Å²) in [7, 11) is 3.50. The van der Waals surface area contributed by atoms with Crippen molar-refractivity contribution in [2.45, 2.75) is 5.16 Å². The number of ether oxygens (including phenoxy) is 1. The molecule has 110 valence electrons. The minimum Gasteiger partial charge on any atom is -0.497 e. The molecule has 0 unspecified atom stereocenters. The van der Waals surface area contributed by atoms with Gasteiger partial charge in [0.05, 0.1) is 19.1 Å². The van der Waals surface area contributed by atoms with Gasteiger partial charge >= 0.3 is 0 Å². The molecule has 2 aromatic rings. The lowest BCUT2D eigenvalue weighted by Gasteiger charge is -2.01. The first-order valence-electron chi connectivity index (χ1n) is 6.25. The zero-order valence-corrected chi connectivity index (χ0v) is 12.6. The van der Waals surface area contributed by atoms with Crippen molar-refractivity contribution in [1.82, 2.24) is 15.0 Å². The highest BCUT2D eigenvalue weighted by atomic mass is 32.2. The summed E-state index contributed by atoms with van der Waals surface area (Å²) < 4.78 is 6.92. The summed E-state index contributed by atoms with van der Waals surface area (Å²) in [6.07, 6.45) is 5.12. The van der Waals surface area contributed by atoms with E-state index in [4.69, 9.17) is 4.74 Å². The number of benzene rings is 1. The van der Waals surface area contributed by atoms with Gasteiger partial charge in [0.15, 0.2) is 5.16 Å². The molecule has 7 heteroatoms. The molecule has 0 aliphatic heterocycles. The lowest BCUT2D eigenvalue weighted by atomic mass is 10.2. The Kier molecular flexibility index (Phi) is 5.39. The normalized spacial score (nSPS) is 10.8. The minimum absolute atomic E-state index is 0.173. The topological polar surface area (TPSA) is 68.5 Å². The molecule has 0 aliphatic carbocycles. The molecule has 1 amide bonds. The standard InChI is InChI=1S/C14H16N4O2S/c1-18-8-7-15-14(18)21-10-13(19)17-16-9-11-3-5-12(20-2)6-4-11/h3-9H,10H2,1-2H3,(H,17,19)/b16-9+. The van der Waals surface area contributed by atoms with E-state index in [0.29, 0.717) is 0 Å². The Bertz CT molecular complexity index is 622. The molecule has 0 aliphatic rings. The number of carbonyl (C=O) groups excluding carboxylic acids is 1. The van der Waals surface area contributed by atoms with Crippen LogP contribution in [-0.4, -0.2) is 34.5 Å². The van der Waals surface area contributed by atoms with Gasteiger partial charge in [-0.05, 0) is 29.8 Å². The van der Waals surface area contributed by atoms with Crippen LogP contribution in [0.25, 0.3) is 0 Å². The Morgan fingerprint density at radius 1 is 1.48 bits per heavy atom. The maximum atomic E-state index is 11.6. The summed E-state index contributed by atoms with van der Waals surface area (Å²) in [6.45, 7) is 0. The van der Waals surface area contributed by atoms with Crippen LogP contribution in [0.2, 0.25) is 0 Å². The third-order valence-corrected chi connectivity index (χ3v) is 3.69. The minimum atomic E-state index is -0.173. The quantitative estimate of drug-likeness (QED) is 0.501. The van der Waals surface area contributed by atoms with Crippen molar-refractivity contribution in [3.63, 3.8) is 0 Å². The van der Waals surface area contributed by atoms with Gasteiger partial charge in [-0.15, -0.1) is 0 Å². The summed E-state index contributed by atoms with van der Waals surface area (Å²) in [6, 6.07) is 7.38. The highest BCUT2D eigenvalue weighted by molar-refractivity contribution is 7.99. The molecular formula is C14H16N4O2S. The van der Waals surface area contributed by atoms with Crippen LogP contribution in [0.5, 0.6) is 5.75 Å². The van der Waals surface area contributed by atoms with Crippen molar-refractivity contribution in [2.75, 3.05) is 12.9 Å². The lowest BCUT2D eigenvalue weighted by Crippen LogP contribution is -2.19. The third-order valence-electron chi connectivity index (χ3n) is 2.63. The molecule has 1 N–H and O–H groups in total. The number of aryl methyl sites for hydroxylation is 1. The number of imidazole rings is 1. The van der Waals surface area contributed by atoms with Crippen LogP contribution in [0.4, 0.5) is 0 Å². The van der Waals surface area contributed by atoms with Gasteiger partial charge in [0.25, 0.3) is 5.91 Å². The Labute approximate surface area is 127 Å². The molecule has 1 aromatic carbocycles. The first-order chi connectivity index (χ1) is 10.2. The fraction of sp³-hybridized carbons (Fsp3) is 0.214. The van der Waals surface area contributed by atoms with E-state index in [0.717, 1.165) is 16.5 Å². The van der Waals surface area contributed by atoms with Crippen LogP contribution in [0, 0.1) is 0 Å². The zero-order valence-electron chi connectivity index (χ0n) is 11.8. The second-order valence-corrected chi connectivity index (χ2v) is 5.12. The van der Waals surface area contributed by atoms with Crippen LogP contribution in [0.15, 0.2) is 46.9 Å². The fourth-order valence-corrected chi connectivity index (χ4v) is 2.25. The van der Waals surface area contributed by atoms with E-state index in [1.54, 1.807) is 19.5 Å². The van der Waals surface area contributed by atoms with Gasteiger partial charge in [-0.3, -0.25) is 4.79 Å². The highest BCUT2D eigenvalue weighted by Crippen LogP contribution is 2.13. The number of amides is 1. The van der Waals surface area contributed by atoms with E-state index >= 15 is 0 Å². The van der Waals surface area contributed by atoms with E-state index in [1.165, 1.54) is 11.8 Å². The summed E-state index contributed by atoms with van der Waals surface area (Å²) in [5.74, 6) is 0.876. The number of carbonyl (C=O) groups is 1. The second kappa shape index (κ2) is 7.49. The molecule has 6 nitrogen and oxygen atoms in total. The molecule has 2 rings (SSSR count). The summed E-state index contributed by atoms with van der Waals surface area (Å²) in [5, 5.41) is 4.71. The third kappa shape index (κ3) is 4.64. The van der Waals surface area contributed by atoms with Crippen LogP contribution < -0.4 is 10.2 Å². The van der Waals surface area contributed by atoms with Gasteiger partial charge in [-0.25, -0.2) is 10.4 Å². The summed E-state index contributed by atoms with van der Waals surface area (Å²) in [5.41, 5.74) is 3.37. The number of hydrazone groups is 1. The van der Waals surface area contributed by atoms with Gasteiger partial charge in [-0.2, -0.15) is 5.10 Å². The lowest BCUT2D eigenvalue weighted by molar-refractivity contribution is -0.118. The predicted octanol–water partition coefficient (Wildman–Crippen LogP) is 1.67. The predicted molar refractivity (Wildman–Crippen MR) is 82.7 cm³/mol. The molecule has 0 saturated heterocycles. The molecule has 0 saturated carbocycles. The molecule has 0 bridgehead atoms. The average Bonchev–Trinajstić information content (AvgIpc) is 2.91. The number of nitrogens with one attached hydrogen (secondary N) is 1. The highest BCUT2D eigenvalue weighted by Gasteiger charge is 2.04. The number of hydrogen-bond donors (Lipinski definition) is 1. The van der Waals surface area contributed by atoms with Gasteiger partial charge < -0.3 is 9.30 Å². The van der Waals surface area contributed by atoms with Gasteiger partial charge in [0, 0.05) is 19.4 Å². The molecule has 0 radical (unpaired) electrons. The van der Waals surface area contributed by atoms with E-state index < -0.39 is 0 Å². The first kappa shape index (κ1) is 15.1. The molecule has 21 heavy (non-hydrogen) atoms. The zero-order chi connectivity index (χ0) is 15.1. The van der Waals surface area contributed by atoms with E-state index in [-0.39, 0.29) is 11.7 Å². The van der Waals surface area contributed by atoms with Crippen molar-refractivity contribution in [2.24, 2.45) is 12.1 Å². The largest absolute Gasteiger partial charge is 0.497 e. The van der Waals surface area contributed by atoms with Gasteiger partial charge in [0.1, 0.15) is 5.75 Å². The number of rotatable bonds is 6. The Morgan fingerprint density at radius 2 is 2.24 bits per heavy atom. The Balaban J connectivity index is 1.77. The number of aromatic nitrogens is 2. The number of thioether (sulfide) groups is 1. The van der Waals surface area contributed by atoms with E-state index in [2.05, 4.69) is 15.5 Å². The second-order valence-electron chi connectivity index (χ2n) is 4.18. The Hall–Kier alpha value is -2.28. The van der Waals surface area contributed by atoms with Gasteiger partial charge in [-0.1, -0.05) is 11.8 Å². The van der Waals surface area contributed by atoms with Crippen LogP contribution >= 0.6 is 11.8 Å². The van der Waals surface area contributed by atoms with Crippen LogP contribution in [0.1, 0.15) is 5.56 Å². The summed E-state index contributed by atoms with van der Waals surface area (Å²) >= 11 is 1.36. The van der Waals surface area contributed by atoms with Crippen molar-refractivity contribution >= 4 is 23.9 Å². The molecule has 0 fully saturated rings. The molecule has 0 atom stereocenters. The smallest absolute Gasteiger partial charge is 0.250 e. The van der Waals surface area contributed by atoms with Crippen molar-refractivity contribution in [3.8, 4) is 5.75 Å². The van der Waals surface area contributed by atoms with Crippen molar-refractivity contribution in [3.05, 3.63) is 42.2 Å². The number of methoxy groups -OCH3 is 1. The molecule has 1 aromatic heterocycles. The maximum absolute atomic E-state index is 11.6.